The zero-order valence-corrected chi connectivity index (χ0v) is 8.21. The highest BCUT2D eigenvalue weighted by atomic mass is 32.2. The molecule has 2 nitrogen and oxygen atoms in total. The molecule has 0 aliphatic carbocycles. The largest absolute Gasteiger partial charge is 0.388 e. The molecule has 0 rings (SSSR count). The Kier molecular flexibility index (Phi) is 6.42. The summed E-state index contributed by atoms with van der Waals surface area (Å²) >= 11 is 1.96. The number of amidine groups is 1. The van der Waals surface area contributed by atoms with E-state index in [1.807, 2.05) is 11.8 Å². The van der Waals surface area contributed by atoms with Crippen LogP contribution in [0, 0.1) is 11.3 Å². The summed E-state index contributed by atoms with van der Waals surface area (Å²) in [5, 5.41) is 7.04. The normalized spacial score (nSPS) is 12.9. The molecule has 0 aromatic rings. The lowest BCUT2D eigenvalue weighted by Crippen LogP contribution is -2.11. The monoisotopic (exact) mass is 174 g/mol. The highest BCUT2D eigenvalue weighted by Crippen LogP contribution is 2.12. The molecule has 0 saturated heterocycles. The van der Waals surface area contributed by atoms with Crippen LogP contribution in [0.5, 0.6) is 0 Å². The summed E-state index contributed by atoms with van der Waals surface area (Å²) in [6.07, 6.45) is 1.81. The Morgan fingerprint density at radius 2 is 2.27 bits per heavy atom. The zero-order chi connectivity index (χ0) is 8.69. The first-order valence-electron chi connectivity index (χ1n) is 4.07. The summed E-state index contributed by atoms with van der Waals surface area (Å²) < 4.78 is 0. The standard InChI is InChI=1S/C8H18N2S/c1-3-11-6-7(2)4-5-8(9)10/h7H,3-6H2,1-2H3,(H3,9,10). The van der Waals surface area contributed by atoms with E-state index in [-0.39, 0.29) is 0 Å². The zero-order valence-electron chi connectivity index (χ0n) is 7.39. The molecule has 0 aliphatic rings. The predicted octanol–water partition coefficient (Wildman–Crippen LogP) is 2.09. The van der Waals surface area contributed by atoms with E-state index in [1.165, 1.54) is 11.5 Å². The SMILES string of the molecule is CCSCC(C)CCC(=N)N. The van der Waals surface area contributed by atoms with Crippen LogP contribution in [0.25, 0.3) is 0 Å². The first kappa shape index (κ1) is 10.8. The fourth-order valence-electron chi connectivity index (χ4n) is 0.804. The van der Waals surface area contributed by atoms with E-state index >= 15 is 0 Å². The molecule has 0 aromatic heterocycles. The number of nitrogens with one attached hydrogen (secondary N) is 1. The molecule has 0 fully saturated rings. The first-order valence-corrected chi connectivity index (χ1v) is 5.23. The third-order valence-electron chi connectivity index (χ3n) is 1.51. The van der Waals surface area contributed by atoms with E-state index < -0.39 is 0 Å². The molecule has 0 saturated carbocycles. The van der Waals surface area contributed by atoms with E-state index in [1.54, 1.807) is 0 Å². The van der Waals surface area contributed by atoms with Gasteiger partial charge in [0.1, 0.15) is 0 Å². The highest BCUT2D eigenvalue weighted by molar-refractivity contribution is 7.99. The van der Waals surface area contributed by atoms with Gasteiger partial charge in [-0.1, -0.05) is 13.8 Å². The number of thioether (sulfide) groups is 1. The average molecular weight is 174 g/mol. The summed E-state index contributed by atoms with van der Waals surface area (Å²) in [7, 11) is 0. The fraction of sp³-hybridized carbons (Fsp3) is 0.875. The Hall–Kier alpha value is -0.180. The third kappa shape index (κ3) is 7.72. The molecular formula is C8H18N2S. The number of nitrogens with two attached hydrogens (primary N) is 1. The van der Waals surface area contributed by atoms with Crippen molar-refractivity contribution in [1.29, 1.82) is 5.41 Å². The summed E-state index contributed by atoms with van der Waals surface area (Å²) in [5.41, 5.74) is 5.25. The van der Waals surface area contributed by atoms with Gasteiger partial charge in [0.05, 0.1) is 5.84 Å². The molecule has 0 amide bonds. The maximum atomic E-state index is 7.04. The van der Waals surface area contributed by atoms with Crippen LogP contribution in [-0.4, -0.2) is 17.3 Å². The van der Waals surface area contributed by atoms with Crippen molar-refractivity contribution < 1.29 is 0 Å². The minimum absolute atomic E-state index is 0.318. The summed E-state index contributed by atoms with van der Waals surface area (Å²) in [6, 6.07) is 0. The lowest BCUT2D eigenvalue weighted by molar-refractivity contribution is 0.611. The molecular weight excluding hydrogens is 156 g/mol. The average Bonchev–Trinajstić information content (AvgIpc) is 1.97. The van der Waals surface area contributed by atoms with Crippen molar-refractivity contribution in [2.24, 2.45) is 11.7 Å². The first-order chi connectivity index (χ1) is 5.16. The van der Waals surface area contributed by atoms with Crippen LogP contribution in [0.15, 0.2) is 0 Å². The third-order valence-corrected chi connectivity index (χ3v) is 2.73. The van der Waals surface area contributed by atoms with Gasteiger partial charge in [0.25, 0.3) is 0 Å². The van der Waals surface area contributed by atoms with E-state index in [4.69, 9.17) is 11.1 Å². The molecule has 0 spiro atoms. The quantitative estimate of drug-likeness (QED) is 0.478. The molecule has 0 radical (unpaired) electrons. The van der Waals surface area contributed by atoms with E-state index in [2.05, 4.69) is 13.8 Å². The van der Waals surface area contributed by atoms with Crippen molar-refractivity contribution in [2.45, 2.75) is 26.7 Å². The van der Waals surface area contributed by atoms with E-state index in [0.717, 1.165) is 12.8 Å². The van der Waals surface area contributed by atoms with Crippen molar-refractivity contribution in [3.05, 3.63) is 0 Å². The number of rotatable bonds is 6. The smallest absolute Gasteiger partial charge is 0.0905 e. The molecule has 3 heteroatoms. The Balaban J connectivity index is 3.22. The van der Waals surface area contributed by atoms with Crippen LogP contribution < -0.4 is 5.73 Å². The molecule has 0 aromatic carbocycles. The van der Waals surface area contributed by atoms with Crippen molar-refractivity contribution in [2.75, 3.05) is 11.5 Å². The summed E-state index contributed by atoms with van der Waals surface area (Å²) in [4.78, 5) is 0. The molecule has 0 bridgehead atoms. The maximum Gasteiger partial charge on any atom is 0.0905 e. The van der Waals surface area contributed by atoms with Gasteiger partial charge in [-0.25, -0.2) is 0 Å². The van der Waals surface area contributed by atoms with Gasteiger partial charge in [-0.2, -0.15) is 11.8 Å². The Labute approximate surface area is 73.4 Å². The summed E-state index contributed by atoms with van der Waals surface area (Å²) in [6.45, 7) is 4.38. The van der Waals surface area contributed by atoms with Gasteiger partial charge in [-0.3, -0.25) is 5.41 Å². The predicted molar refractivity (Wildman–Crippen MR) is 53.3 cm³/mol. The molecule has 0 aliphatic heterocycles. The number of hydrogen-bond acceptors (Lipinski definition) is 2. The lowest BCUT2D eigenvalue weighted by Gasteiger charge is -2.08. The minimum atomic E-state index is 0.318. The van der Waals surface area contributed by atoms with Gasteiger partial charge in [0, 0.05) is 6.42 Å². The van der Waals surface area contributed by atoms with Gasteiger partial charge >= 0.3 is 0 Å². The molecule has 66 valence electrons. The molecule has 11 heavy (non-hydrogen) atoms. The van der Waals surface area contributed by atoms with Crippen LogP contribution in [0.2, 0.25) is 0 Å². The maximum absolute atomic E-state index is 7.04. The Bertz CT molecular complexity index is 115. The second-order valence-electron chi connectivity index (χ2n) is 2.83. The van der Waals surface area contributed by atoms with Crippen LogP contribution in [0.3, 0.4) is 0 Å². The molecule has 1 unspecified atom stereocenters. The van der Waals surface area contributed by atoms with Gasteiger partial charge in [0.15, 0.2) is 0 Å². The summed E-state index contributed by atoms with van der Waals surface area (Å²) in [5.74, 6) is 3.40. The second-order valence-corrected chi connectivity index (χ2v) is 4.15. The number of hydrogen-bond donors (Lipinski definition) is 2. The van der Waals surface area contributed by atoms with Crippen LogP contribution in [0.1, 0.15) is 26.7 Å². The van der Waals surface area contributed by atoms with Crippen LogP contribution in [0.4, 0.5) is 0 Å². The van der Waals surface area contributed by atoms with Crippen LogP contribution >= 0.6 is 11.8 Å². The Morgan fingerprint density at radius 3 is 2.73 bits per heavy atom. The van der Waals surface area contributed by atoms with Crippen molar-refractivity contribution in [1.82, 2.24) is 0 Å². The van der Waals surface area contributed by atoms with E-state index in [9.17, 15) is 0 Å². The Morgan fingerprint density at radius 1 is 1.64 bits per heavy atom. The highest BCUT2D eigenvalue weighted by Gasteiger charge is 2.01. The van der Waals surface area contributed by atoms with Gasteiger partial charge in [-0.15, -0.1) is 0 Å². The molecule has 0 heterocycles. The van der Waals surface area contributed by atoms with Gasteiger partial charge in [-0.05, 0) is 23.8 Å². The fourth-order valence-corrected chi connectivity index (χ4v) is 1.61. The topological polar surface area (TPSA) is 49.9 Å². The second kappa shape index (κ2) is 6.53. The van der Waals surface area contributed by atoms with Crippen LogP contribution in [-0.2, 0) is 0 Å². The minimum Gasteiger partial charge on any atom is -0.388 e. The molecule has 3 N–H and O–H groups in total. The van der Waals surface area contributed by atoms with Crippen molar-refractivity contribution in [3.8, 4) is 0 Å². The van der Waals surface area contributed by atoms with E-state index in [0.29, 0.717) is 11.8 Å². The van der Waals surface area contributed by atoms with Gasteiger partial charge < -0.3 is 5.73 Å². The van der Waals surface area contributed by atoms with Crippen molar-refractivity contribution in [3.63, 3.8) is 0 Å². The van der Waals surface area contributed by atoms with Crippen molar-refractivity contribution >= 4 is 17.6 Å². The molecule has 1 atom stereocenters. The van der Waals surface area contributed by atoms with Gasteiger partial charge in [0.2, 0.25) is 0 Å². The lowest BCUT2D eigenvalue weighted by atomic mass is 10.1.